The Hall–Kier alpha value is -4.12. The van der Waals surface area contributed by atoms with E-state index in [0.717, 1.165) is 107 Å². The maximum Gasteiger partial charge on any atom is 0.411 e. The van der Waals surface area contributed by atoms with Crippen molar-refractivity contribution in [2.24, 2.45) is 0 Å². The molecule has 1 fully saturated rings. The Morgan fingerprint density at radius 2 is 1.52 bits per heavy atom. The molecule has 3 aromatic rings. The lowest BCUT2D eigenvalue weighted by Gasteiger charge is -2.31. The van der Waals surface area contributed by atoms with Crippen LogP contribution in [-0.4, -0.2) is 94.5 Å². The zero-order valence-corrected chi connectivity index (χ0v) is 28.7. The second-order valence-corrected chi connectivity index (χ2v) is 12.6. The van der Waals surface area contributed by atoms with Gasteiger partial charge in [0.15, 0.2) is 0 Å². The molecule has 3 amide bonds. The quantitative estimate of drug-likeness (QED) is 0.118. The van der Waals surface area contributed by atoms with E-state index in [4.69, 9.17) is 9.47 Å². The van der Waals surface area contributed by atoms with E-state index in [1.165, 1.54) is 5.56 Å². The van der Waals surface area contributed by atoms with E-state index in [2.05, 4.69) is 57.3 Å². The number of nitrogens with one attached hydrogen (secondary N) is 4. The number of piperidine rings is 1. The second-order valence-electron chi connectivity index (χ2n) is 12.6. The molecule has 0 bridgehead atoms. The highest BCUT2D eigenvalue weighted by Crippen LogP contribution is 2.28. The van der Waals surface area contributed by atoms with Crippen LogP contribution in [0.5, 0.6) is 5.75 Å². The summed E-state index contributed by atoms with van der Waals surface area (Å²) in [7, 11) is 4.14. The Balaban J connectivity index is 0.970. The van der Waals surface area contributed by atoms with Gasteiger partial charge in [-0.3, -0.25) is 5.32 Å². The maximum absolute atomic E-state index is 12.7. The summed E-state index contributed by atoms with van der Waals surface area (Å²) in [6, 6.07) is 25.9. The number of rotatable bonds is 19. The fourth-order valence-corrected chi connectivity index (χ4v) is 5.65. The summed E-state index contributed by atoms with van der Waals surface area (Å²) in [6.45, 7) is 7.23. The number of hydrogen-bond donors (Lipinski definition) is 4. The first-order chi connectivity index (χ1) is 23.5. The molecule has 10 heteroatoms. The minimum atomic E-state index is -0.426. The van der Waals surface area contributed by atoms with Gasteiger partial charge in [-0.25, -0.2) is 9.59 Å². The molecule has 1 saturated heterocycles. The fourth-order valence-electron chi connectivity index (χ4n) is 5.65. The number of hydrogen-bond acceptors (Lipinski definition) is 7. The van der Waals surface area contributed by atoms with Crippen LogP contribution in [0.2, 0.25) is 0 Å². The number of likely N-dealkylation sites (tertiary alicyclic amines) is 1. The monoisotopic (exact) mass is 658 g/mol. The zero-order valence-electron chi connectivity index (χ0n) is 28.7. The molecule has 0 radical (unpaired) electrons. The van der Waals surface area contributed by atoms with Gasteiger partial charge >= 0.3 is 12.1 Å². The Bertz CT molecular complexity index is 1350. The minimum Gasteiger partial charge on any atom is -0.494 e. The highest BCUT2D eigenvalue weighted by atomic mass is 16.6. The highest BCUT2D eigenvalue weighted by Gasteiger charge is 2.22. The fraction of sp³-hybridized carbons (Fsp3) is 0.474. The molecule has 4 rings (SSSR count). The number of nitrogens with zero attached hydrogens (tertiary/aromatic N) is 2. The molecule has 1 aliphatic rings. The smallest absolute Gasteiger partial charge is 0.411 e. The van der Waals surface area contributed by atoms with Gasteiger partial charge in [0.1, 0.15) is 11.9 Å². The Morgan fingerprint density at radius 3 is 2.29 bits per heavy atom. The van der Waals surface area contributed by atoms with E-state index < -0.39 is 6.09 Å². The molecule has 260 valence electrons. The molecule has 4 N–H and O–H groups in total. The number of unbranched alkanes of at least 4 members (excludes halogenated alkanes) is 2. The van der Waals surface area contributed by atoms with Crippen LogP contribution in [0.25, 0.3) is 11.1 Å². The summed E-state index contributed by atoms with van der Waals surface area (Å²) >= 11 is 0. The molecule has 0 unspecified atom stereocenters. The van der Waals surface area contributed by atoms with Crippen molar-refractivity contribution in [3.05, 3.63) is 84.4 Å². The lowest BCUT2D eigenvalue weighted by Crippen LogP contribution is -2.44. The van der Waals surface area contributed by atoms with E-state index >= 15 is 0 Å². The van der Waals surface area contributed by atoms with E-state index in [-0.39, 0.29) is 12.1 Å². The number of para-hydroxylation sites is 1. The first-order valence-electron chi connectivity index (χ1n) is 17.4. The molecule has 10 nitrogen and oxygen atoms in total. The van der Waals surface area contributed by atoms with Gasteiger partial charge in [0.05, 0.1) is 12.3 Å². The summed E-state index contributed by atoms with van der Waals surface area (Å²) in [5.74, 6) is 0.921. The molecule has 0 aliphatic carbocycles. The number of amides is 3. The molecule has 3 aromatic carbocycles. The van der Waals surface area contributed by atoms with Crippen LogP contribution in [0.4, 0.5) is 15.3 Å². The Labute approximate surface area is 286 Å². The largest absolute Gasteiger partial charge is 0.494 e. The van der Waals surface area contributed by atoms with Gasteiger partial charge < -0.3 is 35.2 Å². The van der Waals surface area contributed by atoms with Crippen molar-refractivity contribution in [3.63, 3.8) is 0 Å². The van der Waals surface area contributed by atoms with Gasteiger partial charge in [0.2, 0.25) is 0 Å². The van der Waals surface area contributed by atoms with Crippen molar-refractivity contribution in [2.45, 2.75) is 51.2 Å². The summed E-state index contributed by atoms with van der Waals surface area (Å²) in [5.41, 5.74) is 3.98. The molecular formula is C38H54N6O4. The van der Waals surface area contributed by atoms with Gasteiger partial charge in [-0.2, -0.15) is 0 Å². The highest BCUT2D eigenvalue weighted by molar-refractivity contribution is 5.91. The molecule has 1 aliphatic heterocycles. The van der Waals surface area contributed by atoms with Gasteiger partial charge in [-0.05, 0) is 82.1 Å². The van der Waals surface area contributed by atoms with Crippen LogP contribution < -0.4 is 26.0 Å². The van der Waals surface area contributed by atoms with Crippen LogP contribution in [-0.2, 0) is 11.3 Å². The topological polar surface area (TPSA) is 107 Å². The summed E-state index contributed by atoms with van der Waals surface area (Å²) in [4.78, 5) is 29.3. The van der Waals surface area contributed by atoms with E-state index in [1.54, 1.807) is 0 Å². The van der Waals surface area contributed by atoms with Crippen LogP contribution in [0.3, 0.4) is 0 Å². The van der Waals surface area contributed by atoms with Crippen LogP contribution in [0.1, 0.15) is 44.1 Å². The van der Waals surface area contributed by atoms with Crippen LogP contribution in [0, 0.1) is 0 Å². The predicted molar refractivity (Wildman–Crippen MR) is 194 cm³/mol. The lowest BCUT2D eigenvalue weighted by molar-refractivity contribution is 0.0594. The van der Waals surface area contributed by atoms with Crippen molar-refractivity contribution >= 4 is 17.8 Å². The average Bonchev–Trinajstić information content (AvgIpc) is 3.10. The normalized spacial score (nSPS) is 13.6. The van der Waals surface area contributed by atoms with Gasteiger partial charge in [-0.15, -0.1) is 0 Å². The van der Waals surface area contributed by atoms with Gasteiger partial charge in [-0.1, -0.05) is 67.1 Å². The predicted octanol–water partition coefficient (Wildman–Crippen LogP) is 5.96. The third-order valence-electron chi connectivity index (χ3n) is 8.36. The molecule has 48 heavy (non-hydrogen) atoms. The zero-order chi connectivity index (χ0) is 33.8. The number of urea groups is 1. The lowest BCUT2D eigenvalue weighted by atomic mass is 10.0. The van der Waals surface area contributed by atoms with E-state index in [0.29, 0.717) is 13.1 Å². The van der Waals surface area contributed by atoms with Gasteiger partial charge in [0, 0.05) is 51.4 Å². The third-order valence-corrected chi connectivity index (χ3v) is 8.36. The van der Waals surface area contributed by atoms with Crippen molar-refractivity contribution in [3.8, 4) is 16.9 Å². The van der Waals surface area contributed by atoms with Crippen LogP contribution in [0.15, 0.2) is 78.9 Å². The first-order valence-corrected chi connectivity index (χ1v) is 17.4. The number of benzene rings is 3. The minimum absolute atomic E-state index is 0.119. The number of carbonyl (C=O) groups excluding carboxylic acids is 2. The molecule has 0 saturated carbocycles. The van der Waals surface area contributed by atoms with E-state index in [9.17, 15) is 9.59 Å². The summed E-state index contributed by atoms with van der Waals surface area (Å²) in [6.07, 6.45) is 5.09. The number of ether oxygens (including phenoxy) is 2. The summed E-state index contributed by atoms with van der Waals surface area (Å²) < 4.78 is 11.5. The Morgan fingerprint density at radius 1 is 0.812 bits per heavy atom. The first kappa shape index (κ1) is 36.7. The van der Waals surface area contributed by atoms with Crippen LogP contribution >= 0.6 is 0 Å². The van der Waals surface area contributed by atoms with Crippen molar-refractivity contribution in [1.82, 2.24) is 25.8 Å². The van der Waals surface area contributed by atoms with Crippen molar-refractivity contribution in [1.29, 1.82) is 0 Å². The van der Waals surface area contributed by atoms with Crippen molar-refractivity contribution < 1.29 is 19.1 Å². The standard InChI is InChI=1S/C38H54N6O4/c1-43(2)25-11-29-47-33-18-16-31(17-19-33)30-39-22-9-4-10-23-40-37(45)41-24-28-44-26-20-34(21-27-44)48-38(46)42-36-15-8-7-14-35(36)32-12-5-3-6-13-32/h3,5-8,12-19,34,39H,4,9-11,20-30H2,1-2H3,(H,42,46)(H2,40,41,45). The maximum atomic E-state index is 12.7. The molecule has 1 heterocycles. The summed E-state index contributed by atoms with van der Waals surface area (Å²) in [5, 5.41) is 12.3. The Kier molecular flexibility index (Phi) is 16.0. The molecule has 0 aromatic heterocycles. The number of anilines is 1. The number of carbonyl (C=O) groups is 2. The third kappa shape index (κ3) is 13.9. The van der Waals surface area contributed by atoms with E-state index in [1.807, 2.05) is 66.7 Å². The molecule has 0 spiro atoms. The average molecular weight is 659 g/mol. The molecule has 0 atom stereocenters. The van der Waals surface area contributed by atoms with Gasteiger partial charge in [0.25, 0.3) is 0 Å². The SMILES string of the molecule is CN(C)CCCOc1ccc(CNCCCCCNC(=O)NCCN2CCC(OC(=O)Nc3ccccc3-c3ccccc3)CC2)cc1. The molecular weight excluding hydrogens is 604 g/mol. The van der Waals surface area contributed by atoms with Crippen molar-refractivity contribution in [2.75, 3.05) is 71.8 Å². The second kappa shape index (κ2) is 21.0.